The molecule has 0 fully saturated rings. The minimum absolute atomic E-state index is 0.0216. The molecule has 2 heterocycles. The maximum Gasteiger partial charge on any atom is 0.240 e. The summed E-state index contributed by atoms with van der Waals surface area (Å²) in [7, 11) is 0. The molecular weight excluding hydrogens is 244 g/mol. The Labute approximate surface area is 112 Å². The van der Waals surface area contributed by atoms with Crippen LogP contribution in [0.25, 0.3) is 0 Å². The molecular formula is C13H20N4O2. The highest BCUT2D eigenvalue weighted by Crippen LogP contribution is 2.21. The summed E-state index contributed by atoms with van der Waals surface area (Å²) in [4.78, 5) is 25.4. The summed E-state index contributed by atoms with van der Waals surface area (Å²) in [6, 6.07) is 1.96. The van der Waals surface area contributed by atoms with E-state index in [1.54, 1.807) is 4.68 Å². The van der Waals surface area contributed by atoms with Gasteiger partial charge in [0.2, 0.25) is 11.8 Å². The first-order valence-corrected chi connectivity index (χ1v) is 6.65. The standard InChI is InChI=1S/C13H20N4O2/c1-4-9(2)14-11(18)8-16-12-7-10(3)15-17(12)6-5-13(16)19/h7,9H,4-6,8H2,1-3H3,(H,14,18)/t9-/m0/s1. The summed E-state index contributed by atoms with van der Waals surface area (Å²) in [5.74, 6) is 0.565. The summed E-state index contributed by atoms with van der Waals surface area (Å²) >= 11 is 0. The van der Waals surface area contributed by atoms with Crippen LogP contribution in [0.4, 0.5) is 5.82 Å². The third-order valence-electron chi connectivity index (χ3n) is 3.32. The van der Waals surface area contributed by atoms with Crippen LogP contribution in [0.1, 0.15) is 32.4 Å². The molecule has 1 N–H and O–H groups in total. The Morgan fingerprint density at radius 2 is 2.32 bits per heavy atom. The molecule has 1 aromatic rings. The van der Waals surface area contributed by atoms with Crippen LogP contribution in [0.3, 0.4) is 0 Å². The second-order valence-electron chi connectivity index (χ2n) is 4.97. The van der Waals surface area contributed by atoms with Gasteiger partial charge in [-0.05, 0) is 20.3 Å². The lowest BCUT2D eigenvalue weighted by atomic mass is 10.2. The molecule has 1 aliphatic heterocycles. The van der Waals surface area contributed by atoms with Gasteiger partial charge >= 0.3 is 0 Å². The monoisotopic (exact) mass is 264 g/mol. The third kappa shape index (κ3) is 2.94. The smallest absolute Gasteiger partial charge is 0.240 e. The highest BCUT2D eigenvalue weighted by atomic mass is 16.2. The fourth-order valence-corrected chi connectivity index (χ4v) is 2.11. The maximum absolute atomic E-state index is 12.0. The lowest BCUT2D eigenvalue weighted by molar-refractivity contribution is -0.124. The number of aromatic nitrogens is 2. The van der Waals surface area contributed by atoms with Crippen molar-refractivity contribution in [2.75, 3.05) is 11.4 Å². The maximum atomic E-state index is 12.0. The van der Waals surface area contributed by atoms with Crippen molar-refractivity contribution >= 4 is 17.6 Å². The van der Waals surface area contributed by atoms with Crippen molar-refractivity contribution in [3.8, 4) is 0 Å². The molecule has 0 bridgehead atoms. The van der Waals surface area contributed by atoms with Gasteiger partial charge in [-0.25, -0.2) is 4.68 Å². The molecule has 104 valence electrons. The van der Waals surface area contributed by atoms with Crippen molar-refractivity contribution in [1.82, 2.24) is 15.1 Å². The fourth-order valence-electron chi connectivity index (χ4n) is 2.11. The van der Waals surface area contributed by atoms with Crippen molar-refractivity contribution in [1.29, 1.82) is 0 Å². The number of nitrogens with one attached hydrogen (secondary N) is 1. The molecule has 0 spiro atoms. The second kappa shape index (κ2) is 5.42. The van der Waals surface area contributed by atoms with Crippen LogP contribution in [-0.4, -0.2) is 34.2 Å². The Kier molecular flexibility index (Phi) is 3.87. The average Bonchev–Trinajstić information content (AvgIpc) is 2.73. The molecule has 2 rings (SSSR count). The van der Waals surface area contributed by atoms with Crippen LogP contribution in [0.2, 0.25) is 0 Å². The van der Waals surface area contributed by atoms with Crippen molar-refractivity contribution in [2.24, 2.45) is 0 Å². The second-order valence-corrected chi connectivity index (χ2v) is 4.97. The van der Waals surface area contributed by atoms with Gasteiger partial charge < -0.3 is 5.32 Å². The Morgan fingerprint density at radius 1 is 1.58 bits per heavy atom. The van der Waals surface area contributed by atoms with E-state index < -0.39 is 0 Å². The van der Waals surface area contributed by atoms with Gasteiger partial charge in [0.1, 0.15) is 12.4 Å². The van der Waals surface area contributed by atoms with Crippen LogP contribution in [-0.2, 0) is 16.1 Å². The van der Waals surface area contributed by atoms with E-state index in [1.165, 1.54) is 4.90 Å². The molecule has 1 aliphatic rings. The normalized spacial score (nSPS) is 16.2. The number of rotatable bonds is 4. The summed E-state index contributed by atoms with van der Waals surface area (Å²) in [6.45, 7) is 6.49. The predicted octanol–water partition coefficient (Wildman–Crippen LogP) is 0.843. The molecule has 0 aliphatic carbocycles. The van der Waals surface area contributed by atoms with Crippen LogP contribution >= 0.6 is 0 Å². The van der Waals surface area contributed by atoms with Gasteiger partial charge in [0.05, 0.1) is 12.2 Å². The van der Waals surface area contributed by atoms with E-state index in [2.05, 4.69) is 10.4 Å². The first-order chi connectivity index (χ1) is 9.01. The molecule has 6 nitrogen and oxygen atoms in total. The first-order valence-electron chi connectivity index (χ1n) is 6.65. The Hall–Kier alpha value is -1.85. The zero-order valence-electron chi connectivity index (χ0n) is 11.6. The lowest BCUT2D eigenvalue weighted by Gasteiger charge is -2.27. The van der Waals surface area contributed by atoms with E-state index in [4.69, 9.17) is 0 Å². The van der Waals surface area contributed by atoms with Crippen molar-refractivity contribution in [3.63, 3.8) is 0 Å². The number of aryl methyl sites for hydroxylation is 2. The van der Waals surface area contributed by atoms with Crippen LogP contribution in [0, 0.1) is 6.92 Å². The molecule has 0 aromatic carbocycles. The minimum Gasteiger partial charge on any atom is -0.352 e. The summed E-state index contributed by atoms with van der Waals surface area (Å²) < 4.78 is 1.78. The molecule has 0 saturated heterocycles. The fraction of sp³-hybridized carbons (Fsp3) is 0.615. The quantitative estimate of drug-likeness (QED) is 0.876. The van der Waals surface area contributed by atoms with Crippen molar-refractivity contribution in [3.05, 3.63) is 11.8 Å². The van der Waals surface area contributed by atoms with E-state index in [0.29, 0.717) is 18.8 Å². The van der Waals surface area contributed by atoms with Gasteiger partial charge in [0.15, 0.2) is 0 Å². The first kappa shape index (κ1) is 13.6. The zero-order valence-corrected chi connectivity index (χ0v) is 11.6. The Bertz CT molecular complexity index is 495. The number of anilines is 1. The van der Waals surface area contributed by atoms with Gasteiger partial charge in [-0.3, -0.25) is 14.5 Å². The molecule has 19 heavy (non-hydrogen) atoms. The summed E-state index contributed by atoms with van der Waals surface area (Å²) in [5.41, 5.74) is 0.858. The summed E-state index contributed by atoms with van der Waals surface area (Å²) in [5, 5.41) is 7.18. The molecule has 0 saturated carbocycles. The van der Waals surface area contributed by atoms with E-state index in [0.717, 1.165) is 12.1 Å². The topological polar surface area (TPSA) is 67.2 Å². The van der Waals surface area contributed by atoms with E-state index in [1.807, 2.05) is 26.8 Å². The Balaban J connectivity index is 2.11. The van der Waals surface area contributed by atoms with Crippen LogP contribution < -0.4 is 10.2 Å². The highest BCUT2D eigenvalue weighted by molar-refractivity contribution is 5.99. The molecule has 2 amide bonds. The van der Waals surface area contributed by atoms with Crippen molar-refractivity contribution in [2.45, 2.75) is 46.2 Å². The van der Waals surface area contributed by atoms with Gasteiger partial charge in [-0.15, -0.1) is 0 Å². The molecule has 1 aromatic heterocycles. The summed E-state index contributed by atoms with van der Waals surface area (Å²) in [6.07, 6.45) is 1.27. The van der Waals surface area contributed by atoms with E-state index in [9.17, 15) is 9.59 Å². The number of amides is 2. The number of nitrogens with zero attached hydrogens (tertiary/aromatic N) is 3. The number of hydrogen-bond donors (Lipinski definition) is 1. The van der Waals surface area contributed by atoms with Gasteiger partial charge in [0.25, 0.3) is 0 Å². The molecule has 6 heteroatoms. The molecule has 0 unspecified atom stereocenters. The molecule has 0 radical (unpaired) electrons. The van der Waals surface area contributed by atoms with Gasteiger partial charge in [-0.2, -0.15) is 5.10 Å². The number of carbonyl (C=O) groups excluding carboxylic acids is 2. The number of carbonyl (C=O) groups is 2. The zero-order chi connectivity index (χ0) is 14.0. The largest absolute Gasteiger partial charge is 0.352 e. The minimum atomic E-state index is -0.130. The van der Waals surface area contributed by atoms with Gasteiger partial charge in [0, 0.05) is 18.5 Å². The van der Waals surface area contributed by atoms with Crippen molar-refractivity contribution < 1.29 is 9.59 Å². The SMILES string of the molecule is CC[C@H](C)NC(=O)CN1C(=O)CCn2nc(C)cc21. The number of fused-ring (bicyclic) bond motifs is 1. The van der Waals surface area contributed by atoms with Crippen LogP contribution in [0.5, 0.6) is 0 Å². The van der Waals surface area contributed by atoms with Crippen LogP contribution in [0.15, 0.2) is 6.07 Å². The third-order valence-corrected chi connectivity index (χ3v) is 3.32. The highest BCUT2D eigenvalue weighted by Gasteiger charge is 2.27. The van der Waals surface area contributed by atoms with E-state index >= 15 is 0 Å². The van der Waals surface area contributed by atoms with E-state index in [-0.39, 0.29) is 24.4 Å². The van der Waals surface area contributed by atoms with Gasteiger partial charge in [-0.1, -0.05) is 6.92 Å². The number of hydrogen-bond acceptors (Lipinski definition) is 3. The average molecular weight is 264 g/mol. The molecule has 1 atom stereocenters. The predicted molar refractivity (Wildman–Crippen MR) is 71.8 cm³/mol. The Morgan fingerprint density at radius 3 is 3.00 bits per heavy atom. The lowest BCUT2D eigenvalue weighted by Crippen LogP contribution is -2.46.